The van der Waals surface area contributed by atoms with Crippen molar-refractivity contribution in [1.82, 2.24) is 4.90 Å². The first kappa shape index (κ1) is 27.8. The molecule has 2 heterocycles. The van der Waals surface area contributed by atoms with Gasteiger partial charge in [0, 0.05) is 18.9 Å². The number of nitrogens with zero attached hydrogens (tertiary/aromatic N) is 1. The Morgan fingerprint density at radius 1 is 1.05 bits per heavy atom. The normalized spacial score (nSPS) is 56.2. The molecule has 224 valence electrons. The van der Waals surface area contributed by atoms with Crippen LogP contribution in [0.25, 0.3) is 0 Å². The zero-order valence-corrected chi connectivity index (χ0v) is 25.5. The largest absolute Gasteiger partial charge is 0.390 e. The molecule has 2 spiro atoms. The summed E-state index contributed by atoms with van der Waals surface area (Å²) >= 11 is 0. The Balaban J connectivity index is 1.15. The number of aldehydes is 1. The third kappa shape index (κ3) is 3.27. The molecule has 7 aliphatic rings. The van der Waals surface area contributed by atoms with Crippen molar-refractivity contribution >= 4 is 12.2 Å². The van der Waals surface area contributed by atoms with Crippen molar-refractivity contribution < 1.29 is 28.9 Å². The summed E-state index contributed by atoms with van der Waals surface area (Å²) in [5.41, 5.74) is 0.459. The molecule has 2 saturated heterocycles. The molecular formula is C33H51NO6. The first-order valence-electron chi connectivity index (χ1n) is 16.2. The zero-order chi connectivity index (χ0) is 28.5. The number of carbonyl (C=O) groups excluding carboxylic acids is 2. The maximum Gasteiger partial charge on any atom is 0.219 e. The van der Waals surface area contributed by atoms with Gasteiger partial charge in [-0.3, -0.25) is 4.79 Å². The monoisotopic (exact) mass is 557 g/mol. The molecule has 5 saturated carbocycles. The lowest BCUT2D eigenvalue weighted by atomic mass is 9.41. The first-order chi connectivity index (χ1) is 18.9. The number of hydrogen-bond acceptors (Lipinski definition) is 6. The van der Waals surface area contributed by atoms with Gasteiger partial charge < -0.3 is 29.0 Å². The number of amides is 1. The van der Waals surface area contributed by atoms with Crippen LogP contribution in [-0.2, 0) is 23.8 Å². The summed E-state index contributed by atoms with van der Waals surface area (Å²) < 4.78 is 19.0. The molecule has 40 heavy (non-hydrogen) atoms. The highest BCUT2D eigenvalue weighted by Gasteiger charge is 2.84. The van der Waals surface area contributed by atoms with Crippen LogP contribution in [0.1, 0.15) is 92.9 Å². The van der Waals surface area contributed by atoms with Crippen LogP contribution in [0.2, 0.25) is 0 Å². The van der Waals surface area contributed by atoms with Gasteiger partial charge >= 0.3 is 0 Å². The maximum atomic E-state index is 12.1. The standard InChI is InChI=1S/C33H51NO6/c1-19-15-21(17-35)39-27-26(19)30(5)11-12-33-18-32(33)10-9-24(40-25-16-34(20(2)36)13-14-38-25)29(3,4)22(32)7-8-23(33)31(30,6)28(27)37/h17,19,21-28,37H,7-16,18H2,1-6H3/t19-,21-,22+,23+,24?,25?,26?,27+,28+,30-,31-,32-,33+/m1/s1. The van der Waals surface area contributed by atoms with Crippen molar-refractivity contribution in [2.75, 3.05) is 19.7 Å². The van der Waals surface area contributed by atoms with E-state index in [0.29, 0.717) is 54.2 Å². The van der Waals surface area contributed by atoms with Gasteiger partial charge in [0.15, 0.2) is 6.29 Å². The van der Waals surface area contributed by atoms with Gasteiger partial charge in [0.25, 0.3) is 0 Å². The lowest BCUT2D eigenvalue weighted by Gasteiger charge is -2.63. The molecule has 7 heteroatoms. The summed E-state index contributed by atoms with van der Waals surface area (Å²) in [6.07, 6.45) is 8.56. The molecule has 0 bridgehead atoms. The van der Waals surface area contributed by atoms with Crippen LogP contribution < -0.4 is 0 Å². The number of aliphatic hydroxyl groups is 1. The van der Waals surface area contributed by atoms with Gasteiger partial charge in [0.2, 0.25) is 5.91 Å². The van der Waals surface area contributed by atoms with E-state index in [1.54, 1.807) is 6.92 Å². The van der Waals surface area contributed by atoms with Crippen molar-refractivity contribution in [1.29, 1.82) is 0 Å². The summed E-state index contributed by atoms with van der Waals surface area (Å²) in [6.45, 7) is 15.3. The highest BCUT2D eigenvalue weighted by molar-refractivity contribution is 5.73. The van der Waals surface area contributed by atoms with Gasteiger partial charge in [0.1, 0.15) is 12.4 Å². The number of ether oxygens (including phenoxy) is 3. The highest BCUT2D eigenvalue weighted by atomic mass is 16.7. The average Bonchev–Trinajstić information content (AvgIpc) is 3.55. The molecule has 0 aromatic heterocycles. The summed E-state index contributed by atoms with van der Waals surface area (Å²) in [7, 11) is 0. The zero-order valence-electron chi connectivity index (χ0n) is 25.5. The van der Waals surface area contributed by atoms with E-state index in [9.17, 15) is 14.7 Å². The summed E-state index contributed by atoms with van der Waals surface area (Å²) in [6, 6.07) is 0. The Morgan fingerprint density at radius 2 is 1.77 bits per heavy atom. The second-order valence-corrected chi connectivity index (χ2v) is 16.1. The Hall–Kier alpha value is -1.02. The van der Waals surface area contributed by atoms with Gasteiger partial charge in [-0.2, -0.15) is 0 Å². The SMILES string of the molecule is CC(=O)N1CCOC(OC2CC[C@]34C[C@]35CC[C@]3(C)C6[C@H](C)C[C@H](C=O)O[C@@H]6[C@H](O)[C@@]3(C)[C@@H]5CC[C@H]4C2(C)C)C1. The van der Waals surface area contributed by atoms with Crippen LogP contribution in [0.3, 0.4) is 0 Å². The molecule has 7 fully saturated rings. The van der Waals surface area contributed by atoms with E-state index < -0.39 is 6.10 Å². The highest BCUT2D eigenvalue weighted by Crippen LogP contribution is 2.89. The molecule has 2 aliphatic heterocycles. The Bertz CT molecular complexity index is 1080. The van der Waals surface area contributed by atoms with Crippen molar-refractivity contribution in [3.05, 3.63) is 0 Å². The van der Waals surface area contributed by atoms with E-state index >= 15 is 0 Å². The van der Waals surface area contributed by atoms with E-state index in [4.69, 9.17) is 14.2 Å². The van der Waals surface area contributed by atoms with Gasteiger partial charge in [0.05, 0.1) is 31.5 Å². The molecule has 7 rings (SSSR count). The van der Waals surface area contributed by atoms with Crippen LogP contribution in [-0.4, -0.2) is 72.6 Å². The Labute approximate surface area is 240 Å². The molecule has 7 nitrogen and oxygen atoms in total. The first-order valence-corrected chi connectivity index (χ1v) is 16.2. The maximum absolute atomic E-state index is 12.1. The molecule has 0 radical (unpaired) electrons. The number of fused-ring (bicyclic) bond motifs is 4. The molecular weight excluding hydrogens is 506 g/mol. The third-order valence-corrected chi connectivity index (χ3v) is 14.7. The molecule has 1 N–H and O–H groups in total. The second-order valence-electron chi connectivity index (χ2n) is 16.1. The fourth-order valence-corrected chi connectivity index (χ4v) is 12.8. The van der Waals surface area contributed by atoms with Gasteiger partial charge in [-0.1, -0.05) is 34.6 Å². The smallest absolute Gasteiger partial charge is 0.219 e. The van der Waals surface area contributed by atoms with E-state index in [1.807, 2.05) is 4.90 Å². The van der Waals surface area contributed by atoms with E-state index in [1.165, 1.54) is 25.7 Å². The topological polar surface area (TPSA) is 85.3 Å². The van der Waals surface area contributed by atoms with Crippen molar-refractivity contribution in [2.45, 2.75) is 124 Å². The van der Waals surface area contributed by atoms with E-state index in [2.05, 4.69) is 34.6 Å². The molecule has 0 aromatic carbocycles. The molecule has 13 atom stereocenters. The van der Waals surface area contributed by atoms with Crippen LogP contribution >= 0.6 is 0 Å². The van der Waals surface area contributed by atoms with Crippen LogP contribution in [0.5, 0.6) is 0 Å². The number of morpholine rings is 1. The molecule has 3 unspecified atom stereocenters. The van der Waals surface area contributed by atoms with Crippen molar-refractivity contribution in [2.24, 2.45) is 50.7 Å². The number of rotatable bonds is 3. The Morgan fingerprint density at radius 3 is 2.50 bits per heavy atom. The predicted octanol–water partition coefficient (Wildman–Crippen LogP) is 4.59. The van der Waals surface area contributed by atoms with E-state index in [0.717, 1.165) is 32.0 Å². The molecule has 5 aliphatic carbocycles. The average molecular weight is 558 g/mol. The number of hydrogen-bond donors (Lipinski definition) is 1. The quantitative estimate of drug-likeness (QED) is 0.511. The fourth-order valence-electron chi connectivity index (χ4n) is 12.8. The fraction of sp³-hybridized carbons (Fsp3) is 0.939. The number of carbonyl (C=O) groups is 2. The lowest BCUT2D eigenvalue weighted by Crippen LogP contribution is -2.60. The third-order valence-electron chi connectivity index (χ3n) is 14.7. The van der Waals surface area contributed by atoms with Gasteiger partial charge in [-0.05, 0) is 96.7 Å². The molecule has 0 aromatic rings. The summed E-state index contributed by atoms with van der Waals surface area (Å²) in [5.74, 6) is 1.84. The van der Waals surface area contributed by atoms with Crippen molar-refractivity contribution in [3.63, 3.8) is 0 Å². The molecule has 1 amide bonds. The second kappa shape index (κ2) is 8.76. The minimum atomic E-state index is -0.524. The van der Waals surface area contributed by atoms with Crippen LogP contribution in [0.15, 0.2) is 0 Å². The van der Waals surface area contributed by atoms with Crippen LogP contribution in [0.4, 0.5) is 0 Å². The predicted molar refractivity (Wildman–Crippen MR) is 149 cm³/mol. The van der Waals surface area contributed by atoms with Crippen LogP contribution in [0, 0.1) is 50.7 Å². The number of aliphatic hydroxyl groups excluding tert-OH is 1. The van der Waals surface area contributed by atoms with E-state index in [-0.39, 0.29) is 46.8 Å². The summed E-state index contributed by atoms with van der Waals surface area (Å²) in [5, 5.41) is 12.1. The van der Waals surface area contributed by atoms with Gasteiger partial charge in [-0.25, -0.2) is 0 Å². The van der Waals surface area contributed by atoms with Crippen molar-refractivity contribution in [3.8, 4) is 0 Å². The Kier molecular flexibility index (Phi) is 6.09. The lowest BCUT2D eigenvalue weighted by molar-refractivity contribution is -0.247. The summed E-state index contributed by atoms with van der Waals surface area (Å²) in [4.78, 5) is 25.6. The minimum absolute atomic E-state index is 0.0212. The van der Waals surface area contributed by atoms with Gasteiger partial charge in [-0.15, -0.1) is 0 Å². The minimum Gasteiger partial charge on any atom is -0.390 e.